The standard InChI is InChI=1S/C12H23NO2/c1-3-4-5-6-10(2)13-12(14)11-7-8-15-9-11/h10-11H,3-9H2,1-2H3,(H,13,14)/t10-,11+/m0/s1. The molecular formula is C12H23NO2. The molecule has 3 heteroatoms. The molecule has 0 saturated carbocycles. The van der Waals surface area contributed by atoms with Gasteiger partial charge in [0.15, 0.2) is 0 Å². The Labute approximate surface area is 92.6 Å². The minimum atomic E-state index is 0.0959. The fourth-order valence-electron chi connectivity index (χ4n) is 1.87. The van der Waals surface area contributed by atoms with E-state index in [-0.39, 0.29) is 11.8 Å². The minimum absolute atomic E-state index is 0.0959. The molecule has 1 N–H and O–H groups in total. The van der Waals surface area contributed by atoms with Gasteiger partial charge in [-0.15, -0.1) is 0 Å². The van der Waals surface area contributed by atoms with E-state index in [2.05, 4.69) is 19.2 Å². The zero-order valence-electron chi connectivity index (χ0n) is 9.92. The zero-order chi connectivity index (χ0) is 11.1. The van der Waals surface area contributed by atoms with Gasteiger partial charge in [0.25, 0.3) is 0 Å². The third-order valence-corrected chi connectivity index (χ3v) is 2.93. The van der Waals surface area contributed by atoms with E-state index in [0.717, 1.165) is 19.4 Å². The van der Waals surface area contributed by atoms with Crippen molar-refractivity contribution in [3.8, 4) is 0 Å². The third-order valence-electron chi connectivity index (χ3n) is 2.93. The average Bonchev–Trinajstić information content (AvgIpc) is 2.70. The van der Waals surface area contributed by atoms with E-state index in [9.17, 15) is 4.79 Å². The smallest absolute Gasteiger partial charge is 0.225 e. The van der Waals surface area contributed by atoms with Crippen LogP contribution in [0.4, 0.5) is 0 Å². The van der Waals surface area contributed by atoms with E-state index >= 15 is 0 Å². The van der Waals surface area contributed by atoms with Gasteiger partial charge >= 0.3 is 0 Å². The van der Waals surface area contributed by atoms with Crippen molar-refractivity contribution >= 4 is 5.91 Å². The van der Waals surface area contributed by atoms with Gasteiger partial charge in [-0.2, -0.15) is 0 Å². The second-order valence-electron chi connectivity index (χ2n) is 4.47. The van der Waals surface area contributed by atoms with Crippen LogP contribution in [0.5, 0.6) is 0 Å². The Kier molecular flexibility index (Phi) is 5.69. The quantitative estimate of drug-likeness (QED) is 0.686. The maximum Gasteiger partial charge on any atom is 0.225 e. The second kappa shape index (κ2) is 6.83. The average molecular weight is 213 g/mol. The minimum Gasteiger partial charge on any atom is -0.381 e. The van der Waals surface area contributed by atoms with E-state index < -0.39 is 0 Å². The molecule has 0 bridgehead atoms. The third kappa shape index (κ3) is 4.65. The molecule has 3 nitrogen and oxygen atoms in total. The summed E-state index contributed by atoms with van der Waals surface area (Å²) in [6.07, 6.45) is 5.67. The Hall–Kier alpha value is -0.570. The molecule has 1 heterocycles. The van der Waals surface area contributed by atoms with Crippen molar-refractivity contribution in [1.29, 1.82) is 0 Å². The highest BCUT2D eigenvalue weighted by Crippen LogP contribution is 2.13. The van der Waals surface area contributed by atoms with Crippen LogP contribution in [-0.2, 0) is 9.53 Å². The molecule has 1 saturated heterocycles. The molecule has 0 aromatic heterocycles. The highest BCUT2D eigenvalue weighted by Gasteiger charge is 2.24. The Morgan fingerprint density at radius 1 is 1.53 bits per heavy atom. The molecule has 0 aromatic rings. The van der Waals surface area contributed by atoms with Crippen molar-refractivity contribution in [3.05, 3.63) is 0 Å². The molecule has 0 radical (unpaired) electrons. The number of hydrogen-bond donors (Lipinski definition) is 1. The van der Waals surface area contributed by atoms with E-state index in [1.807, 2.05) is 0 Å². The highest BCUT2D eigenvalue weighted by atomic mass is 16.5. The first kappa shape index (κ1) is 12.5. The van der Waals surface area contributed by atoms with E-state index in [0.29, 0.717) is 12.6 Å². The Morgan fingerprint density at radius 2 is 2.33 bits per heavy atom. The lowest BCUT2D eigenvalue weighted by Crippen LogP contribution is -2.37. The lowest BCUT2D eigenvalue weighted by molar-refractivity contribution is -0.125. The highest BCUT2D eigenvalue weighted by molar-refractivity contribution is 5.79. The lowest BCUT2D eigenvalue weighted by atomic mass is 10.1. The molecule has 15 heavy (non-hydrogen) atoms. The number of rotatable bonds is 6. The van der Waals surface area contributed by atoms with Gasteiger partial charge in [-0.25, -0.2) is 0 Å². The van der Waals surface area contributed by atoms with Crippen molar-refractivity contribution < 1.29 is 9.53 Å². The van der Waals surface area contributed by atoms with Crippen LogP contribution in [0.15, 0.2) is 0 Å². The van der Waals surface area contributed by atoms with E-state index in [1.165, 1.54) is 19.3 Å². The van der Waals surface area contributed by atoms with E-state index in [4.69, 9.17) is 4.74 Å². The summed E-state index contributed by atoms with van der Waals surface area (Å²) in [5.74, 6) is 0.273. The monoisotopic (exact) mass is 213 g/mol. The first-order valence-electron chi connectivity index (χ1n) is 6.12. The van der Waals surface area contributed by atoms with Gasteiger partial charge < -0.3 is 10.1 Å². The van der Waals surface area contributed by atoms with Crippen LogP contribution in [0, 0.1) is 5.92 Å². The van der Waals surface area contributed by atoms with Crippen LogP contribution in [0.2, 0.25) is 0 Å². The molecule has 1 aliphatic heterocycles. The molecule has 0 unspecified atom stereocenters. The molecule has 1 amide bonds. The number of carbonyl (C=O) groups excluding carboxylic acids is 1. The molecule has 0 aromatic carbocycles. The predicted octanol–water partition coefficient (Wildman–Crippen LogP) is 2.11. The van der Waals surface area contributed by atoms with Gasteiger partial charge in [-0.1, -0.05) is 26.2 Å². The van der Waals surface area contributed by atoms with Crippen LogP contribution >= 0.6 is 0 Å². The Bertz CT molecular complexity index is 188. The fraction of sp³-hybridized carbons (Fsp3) is 0.917. The molecule has 0 spiro atoms. The summed E-state index contributed by atoms with van der Waals surface area (Å²) < 4.78 is 5.20. The molecule has 1 aliphatic rings. The van der Waals surface area contributed by atoms with Gasteiger partial charge in [0.2, 0.25) is 5.91 Å². The van der Waals surface area contributed by atoms with Gasteiger partial charge in [-0.3, -0.25) is 4.79 Å². The summed E-state index contributed by atoms with van der Waals surface area (Å²) in [5, 5.41) is 3.06. The first-order chi connectivity index (χ1) is 7.24. The Balaban J connectivity index is 2.13. The molecule has 1 rings (SSSR count). The SMILES string of the molecule is CCCCC[C@H](C)NC(=O)[C@@H]1CCOC1. The van der Waals surface area contributed by atoms with Crippen LogP contribution < -0.4 is 5.32 Å². The summed E-state index contributed by atoms with van der Waals surface area (Å²) in [5.41, 5.74) is 0. The van der Waals surface area contributed by atoms with Crippen LogP contribution in [0.1, 0.15) is 46.0 Å². The normalized spacial score (nSPS) is 22.7. The van der Waals surface area contributed by atoms with Crippen molar-refractivity contribution in [2.45, 2.75) is 52.0 Å². The number of carbonyl (C=O) groups is 1. The van der Waals surface area contributed by atoms with Crippen molar-refractivity contribution in [2.75, 3.05) is 13.2 Å². The van der Waals surface area contributed by atoms with Crippen LogP contribution in [-0.4, -0.2) is 25.2 Å². The second-order valence-corrected chi connectivity index (χ2v) is 4.47. The van der Waals surface area contributed by atoms with Crippen LogP contribution in [0.25, 0.3) is 0 Å². The van der Waals surface area contributed by atoms with Crippen molar-refractivity contribution in [3.63, 3.8) is 0 Å². The molecule has 1 fully saturated rings. The molecule has 0 aliphatic carbocycles. The number of ether oxygens (including phenoxy) is 1. The fourth-order valence-corrected chi connectivity index (χ4v) is 1.87. The van der Waals surface area contributed by atoms with Crippen molar-refractivity contribution in [2.24, 2.45) is 5.92 Å². The number of hydrogen-bond acceptors (Lipinski definition) is 2. The van der Waals surface area contributed by atoms with Gasteiger partial charge in [-0.05, 0) is 19.8 Å². The zero-order valence-corrected chi connectivity index (χ0v) is 9.92. The summed E-state index contributed by atoms with van der Waals surface area (Å²) in [6, 6.07) is 0.310. The summed E-state index contributed by atoms with van der Waals surface area (Å²) in [6.45, 7) is 5.62. The first-order valence-corrected chi connectivity index (χ1v) is 6.12. The molecule has 2 atom stereocenters. The Morgan fingerprint density at radius 3 is 2.93 bits per heavy atom. The summed E-state index contributed by atoms with van der Waals surface area (Å²) >= 11 is 0. The molecular weight excluding hydrogens is 190 g/mol. The lowest BCUT2D eigenvalue weighted by Gasteiger charge is -2.16. The number of nitrogens with one attached hydrogen (secondary N) is 1. The largest absolute Gasteiger partial charge is 0.381 e. The van der Waals surface area contributed by atoms with Gasteiger partial charge in [0.1, 0.15) is 0 Å². The molecule has 88 valence electrons. The van der Waals surface area contributed by atoms with Crippen LogP contribution in [0.3, 0.4) is 0 Å². The maximum absolute atomic E-state index is 11.7. The van der Waals surface area contributed by atoms with Gasteiger partial charge in [0, 0.05) is 12.6 Å². The summed E-state index contributed by atoms with van der Waals surface area (Å²) in [4.78, 5) is 11.7. The topological polar surface area (TPSA) is 38.3 Å². The number of amides is 1. The maximum atomic E-state index is 11.7. The van der Waals surface area contributed by atoms with E-state index in [1.54, 1.807) is 0 Å². The van der Waals surface area contributed by atoms with Crippen molar-refractivity contribution in [1.82, 2.24) is 5.32 Å². The van der Waals surface area contributed by atoms with Gasteiger partial charge in [0.05, 0.1) is 12.5 Å². The number of unbranched alkanes of at least 4 members (excludes halogenated alkanes) is 2. The summed E-state index contributed by atoms with van der Waals surface area (Å²) in [7, 11) is 0. The predicted molar refractivity (Wildman–Crippen MR) is 60.7 cm³/mol.